The maximum atomic E-state index is 10.8. The van der Waals surface area contributed by atoms with Crippen LogP contribution in [0.3, 0.4) is 0 Å². The molecule has 0 radical (unpaired) electrons. The largest absolute Gasteiger partial charge is 0.313 e. The summed E-state index contributed by atoms with van der Waals surface area (Å²) < 4.78 is 0. The van der Waals surface area contributed by atoms with Gasteiger partial charge in [0.2, 0.25) is 0 Å². The van der Waals surface area contributed by atoms with Crippen molar-refractivity contribution in [1.82, 2.24) is 5.32 Å². The van der Waals surface area contributed by atoms with Crippen molar-refractivity contribution in [2.75, 3.05) is 6.54 Å². The molecule has 0 aliphatic carbocycles. The third kappa shape index (κ3) is 6.55. The molecule has 0 saturated heterocycles. The van der Waals surface area contributed by atoms with E-state index in [1.165, 1.54) is 16.7 Å². The standard InChI is InChI=1S/C16H25NO/c1-13-9-14(2)11-16(10-13)12-17-8-6-4-5-7-15(3)18/h9-11,17H,4-8,12H2,1-3H3. The van der Waals surface area contributed by atoms with Crippen molar-refractivity contribution in [2.24, 2.45) is 0 Å². The van der Waals surface area contributed by atoms with Gasteiger partial charge in [-0.3, -0.25) is 0 Å². The fraction of sp³-hybridized carbons (Fsp3) is 0.562. The van der Waals surface area contributed by atoms with Crippen LogP contribution in [0.25, 0.3) is 0 Å². The van der Waals surface area contributed by atoms with Gasteiger partial charge in [0.05, 0.1) is 0 Å². The molecule has 0 atom stereocenters. The van der Waals surface area contributed by atoms with E-state index in [1.807, 2.05) is 0 Å². The monoisotopic (exact) mass is 247 g/mol. The van der Waals surface area contributed by atoms with Gasteiger partial charge in [-0.2, -0.15) is 0 Å². The molecule has 18 heavy (non-hydrogen) atoms. The zero-order valence-corrected chi connectivity index (χ0v) is 11.9. The zero-order valence-electron chi connectivity index (χ0n) is 11.9. The first kappa shape index (κ1) is 14.9. The molecule has 0 unspecified atom stereocenters. The number of benzene rings is 1. The van der Waals surface area contributed by atoms with E-state index >= 15 is 0 Å². The maximum Gasteiger partial charge on any atom is 0.129 e. The number of carbonyl (C=O) groups excluding carboxylic acids is 1. The summed E-state index contributed by atoms with van der Waals surface area (Å²) in [6.07, 6.45) is 4.05. The fourth-order valence-electron chi connectivity index (χ4n) is 2.20. The van der Waals surface area contributed by atoms with Gasteiger partial charge in [0, 0.05) is 13.0 Å². The molecule has 1 aromatic rings. The van der Waals surface area contributed by atoms with Crippen molar-refractivity contribution in [1.29, 1.82) is 0 Å². The lowest BCUT2D eigenvalue weighted by molar-refractivity contribution is -0.117. The number of nitrogens with one attached hydrogen (secondary N) is 1. The molecule has 1 aromatic carbocycles. The molecule has 2 nitrogen and oxygen atoms in total. The summed E-state index contributed by atoms with van der Waals surface area (Å²) in [7, 11) is 0. The molecule has 0 heterocycles. The Bertz CT molecular complexity index is 364. The van der Waals surface area contributed by atoms with E-state index in [0.717, 1.165) is 38.8 Å². The SMILES string of the molecule is CC(=O)CCCCCNCc1cc(C)cc(C)c1. The van der Waals surface area contributed by atoms with Crippen molar-refractivity contribution >= 4 is 5.78 Å². The number of aryl methyl sites for hydroxylation is 2. The van der Waals surface area contributed by atoms with E-state index in [4.69, 9.17) is 0 Å². The van der Waals surface area contributed by atoms with Gasteiger partial charge in [-0.1, -0.05) is 35.7 Å². The summed E-state index contributed by atoms with van der Waals surface area (Å²) in [6, 6.07) is 6.66. The minimum atomic E-state index is 0.304. The average Bonchev–Trinajstić information content (AvgIpc) is 2.26. The highest BCUT2D eigenvalue weighted by Gasteiger charge is 1.97. The second-order valence-corrected chi connectivity index (χ2v) is 5.19. The molecule has 0 aliphatic heterocycles. The Kier molecular flexibility index (Phi) is 6.66. The van der Waals surface area contributed by atoms with Crippen molar-refractivity contribution < 1.29 is 4.79 Å². The summed E-state index contributed by atoms with van der Waals surface area (Å²) >= 11 is 0. The first-order valence-corrected chi connectivity index (χ1v) is 6.85. The number of ketones is 1. The molecular formula is C16H25NO. The minimum Gasteiger partial charge on any atom is -0.313 e. The third-order valence-corrected chi connectivity index (χ3v) is 2.99. The summed E-state index contributed by atoms with van der Waals surface area (Å²) in [4.78, 5) is 10.8. The molecule has 0 amide bonds. The number of unbranched alkanes of at least 4 members (excludes halogenated alkanes) is 2. The quantitative estimate of drug-likeness (QED) is 0.712. The maximum absolute atomic E-state index is 10.8. The van der Waals surface area contributed by atoms with Crippen LogP contribution in [0.1, 0.15) is 49.3 Å². The van der Waals surface area contributed by atoms with Crippen LogP contribution in [0.2, 0.25) is 0 Å². The Hall–Kier alpha value is -1.15. The van der Waals surface area contributed by atoms with Gasteiger partial charge in [-0.25, -0.2) is 0 Å². The van der Waals surface area contributed by atoms with Crippen LogP contribution in [0.15, 0.2) is 18.2 Å². The van der Waals surface area contributed by atoms with Crippen molar-refractivity contribution in [3.8, 4) is 0 Å². The molecule has 0 saturated carbocycles. The van der Waals surface area contributed by atoms with Gasteiger partial charge >= 0.3 is 0 Å². The predicted molar refractivity (Wildman–Crippen MR) is 76.8 cm³/mol. The Labute approximate surface area is 111 Å². The first-order chi connectivity index (χ1) is 8.58. The lowest BCUT2D eigenvalue weighted by Gasteiger charge is -2.07. The predicted octanol–water partition coefficient (Wildman–Crippen LogP) is 3.54. The van der Waals surface area contributed by atoms with Crippen LogP contribution in [0, 0.1) is 13.8 Å². The van der Waals surface area contributed by atoms with E-state index < -0.39 is 0 Å². The Morgan fingerprint density at radius 1 is 1.06 bits per heavy atom. The van der Waals surface area contributed by atoms with Crippen molar-refractivity contribution in [2.45, 2.75) is 53.0 Å². The van der Waals surface area contributed by atoms with E-state index in [9.17, 15) is 4.79 Å². The van der Waals surface area contributed by atoms with E-state index in [1.54, 1.807) is 6.92 Å². The molecule has 2 heteroatoms. The third-order valence-electron chi connectivity index (χ3n) is 2.99. The number of hydrogen-bond donors (Lipinski definition) is 1. The summed E-state index contributed by atoms with van der Waals surface area (Å²) in [5, 5.41) is 3.46. The fourth-order valence-corrected chi connectivity index (χ4v) is 2.20. The molecule has 1 N–H and O–H groups in total. The van der Waals surface area contributed by atoms with Crippen LogP contribution in [-0.4, -0.2) is 12.3 Å². The topological polar surface area (TPSA) is 29.1 Å². The second kappa shape index (κ2) is 8.04. The van der Waals surface area contributed by atoms with Crippen molar-refractivity contribution in [3.63, 3.8) is 0 Å². The molecule has 1 rings (SSSR count). The molecule has 0 aromatic heterocycles. The number of hydrogen-bond acceptors (Lipinski definition) is 2. The van der Waals surface area contributed by atoms with Crippen molar-refractivity contribution in [3.05, 3.63) is 34.9 Å². The van der Waals surface area contributed by atoms with Crippen LogP contribution in [-0.2, 0) is 11.3 Å². The lowest BCUT2D eigenvalue weighted by atomic mass is 10.1. The molecular weight excluding hydrogens is 222 g/mol. The second-order valence-electron chi connectivity index (χ2n) is 5.19. The van der Waals surface area contributed by atoms with Crippen LogP contribution in [0.5, 0.6) is 0 Å². The van der Waals surface area contributed by atoms with Crippen LogP contribution in [0.4, 0.5) is 0 Å². The van der Waals surface area contributed by atoms with E-state index in [0.29, 0.717) is 5.78 Å². The zero-order chi connectivity index (χ0) is 13.4. The molecule has 0 fully saturated rings. The Morgan fingerprint density at radius 2 is 1.72 bits per heavy atom. The Balaban J connectivity index is 2.12. The molecule has 0 spiro atoms. The van der Waals surface area contributed by atoms with Crippen LogP contribution >= 0.6 is 0 Å². The highest BCUT2D eigenvalue weighted by Crippen LogP contribution is 2.08. The van der Waals surface area contributed by atoms with Gasteiger partial charge in [-0.15, -0.1) is 0 Å². The Morgan fingerprint density at radius 3 is 2.33 bits per heavy atom. The lowest BCUT2D eigenvalue weighted by Crippen LogP contribution is -2.14. The van der Waals surface area contributed by atoms with Gasteiger partial charge < -0.3 is 10.1 Å². The van der Waals surface area contributed by atoms with Crippen LogP contribution < -0.4 is 5.32 Å². The molecule has 0 aliphatic rings. The number of rotatable bonds is 8. The number of carbonyl (C=O) groups is 1. The summed E-state index contributed by atoms with van der Waals surface area (Å²) in [6.45, 7) is 7.91. The summed E-state index contributed by atoms with van der Waals surface area (Å²) in [5.41, 5.74) is 4.01. The first-order valence-electron chi connectivity index (χ1n) is 6.85. The molecule has 0 bridgehead atoms. The average molecular weight is 247 g/mol. The minimum absolute atomic E-state index is 0.304. The summed E-state index contributed by atoms with van der Waals surface area (Å²) in [5.74, 6) is 0.304. The smallest absolute Gasteiger partial charge is 0.129 e. The highest BCUT2D eigenvalue weighted by molar-refractivity contribution is 5.75. The highest BCUT2D eigenvalue weighted by atomic mass is 16.1. The van der Waals surface area contributed by atoms with E-state index in [-0.39, 0.29) is 0 Å². The molecule has 100 valence electrons. The number of Topliss-reactive ketones (excluding diaryl/α,β-unsaturated/α-hetero) is 1. The van der Waals surface area contributed by atoms with E-state index in [2.05, 4.69) is 37.4 Å². The van der Waals surface area contributed by atoms with Gasteiger partial charge in [0.1, 0.15) is 5.78 Å². The van der Waals surface area contributed by atoms with Gasteiger partial charge in [-0.05, 0) is 45.7 Å². The normalized spacial score (nSPS) is 10.6. The van der Waals surface area contributed by atoms with Gasteiger partial charge in [0.15, 0.2) is 0 Å². The van der Waals surface area contributed by atoms with Gasteiger partial charge in [0.25, 0.3) is 0 Å².